The average Bonchev–Trinajstić information content (AvgIpc) is 2.35. The van der Waals surface area contributed by atoms with Crippen molar-refractivity contribution in [2.75, 3.05) is 26.7 Å². The molecule has 1 N–H and O–H groups in total. The number of hydrogen-bond acceptors (Lipinski definition) is 3. The van der Waals surface area contributed by atoms with Crippen LogP contribution in [0.1, 0.15) is 39.5 Å². The van der Waals surface area contributed by atoms with Crippen LogP contribution in [0.3, 0.4) is 0 Å². The lowest BCUT2D eigenvalue weighted by molar-refractivity contribution is -0.144. The fourth-order valence-electron chi connectivity index (χ4n) is 2.67. The Bertz CT molecular complexity index is 238. The van der Waals surface area contributed by atoms with Gasteiger partial charge in [-0.1, -0.05) is 20.3 Å². The minimum Gasteiger partial charge on any atom is -0.480 e. The molecule has 4 nitrogen and oxygen atoms in total. The first-order valence-electron chi connectivity index (χ1n) is 6.77. The number of nitrogens with zero attached hydrogens (tertiary/aromatic N) is 2. The topological polar surface area (TPSA) is 43.8 Å². The lowest BCUT2D eigenvalue weighted by Crippen LogP contribution is -2.49. The predicted octanol–water partition coefficient (Wildman–Crippen LogP) is 1.66. The molecule has 1 aliphatic heterocycles. The largest absolute Gasteiger partial charge is 0.480 e. The lowest BCUT2D eigenvalue weighted by atomic mass is 10.0. The first-order valence-corrected chi connectivity index (χ1v) is 6.77. The normalized spacial score (nSPS) is 20.7. The highest BCUT2D eigenvalue weighted by molar-refractivity contribution is 5.73. The molecule has 1 aliphatic rings. The van der Waals surface area contributed by atoms with E-state index in [0.29, 0.717) is 6.04 Å². The number of aliphatic carboxylic acids is 1. The minimum atomic E-state index is -0.674. The van der Waals surface area contributed by atoms with Crippen molar-refractivity contribution in [1.82, 2.24) is 9.80 Å². The summed E-state index contributed by atoms with van der Waals surface area (Å²) in [5.74, 6) is -0.674. The van der Waals surface area contributed by atoms with E-state index in [1.807, 2.05) is 14.0 Å². The van der Waals surface area contributed by atoms with Gasteiger partial charge in [-0.25, -0.2) is 0 Å². The van der Waals surface area contributed by atoms with Crippen molar-refractivity contribution in [3.63, 3.8) is 0 Å². The Hall–Kier alpha value is -0.610. The molecule has 0 aromatic heterocycles. The maximum Gasteiger partial charge on any atom is 0.320 e. The molecule has 0 aromatic carbocycles. The lowest BCUT2D eigenvalue weighted by Gasteiger charge is -2.38. The molecule has 17 heavy (non-hydrogen) atoms. The van der Waals surface area contributed by atoms with Crippen LogP contribution in [0.5, 0.6) is 0 Å². The van der Waals surface area contributed by atoms with Gasteiger partial charge in [0.1, 0.15) is 6.04 Å². The fraction of sp³-hybridized carbons (Fsp3) is 0.923. The molecule has 0 amide bonds. The SMILES string of the molecule is CCCC(C(=O)O)N(C)C1CCN(CC)CC1. The number of likely N-dealkylation sites (tertiary alicyclic amines) is 1. The van der Waals surface area contributed by atoms with E-state index in [9.17, 15) is 9.90 Å². The molecule has 1 heterocycles. The Kier molecular flexibility index (Phi) is 5.92. The maximum atomic E-state index is 11.2. The molecule has 1 unspecified atom stereocenters. The van der Waals surface area contributed by atoms with E-state index in [1.165, 1.54) is 0 Å². The van der Waals surface area contributed by atoms with Crippen LogP contribution >= 0.6 is 0 Å². The number of piperidine rings is 1. The summed E-state index contributed by atoms with van der Waals surface area (Å²) >= 11 is 0. The van der Waals surface area contributed by atoms with Gasteiger partial charge < -0.3 is 10.0 Å². The molecule has 1 atom stereocenters. The van der Waals surface area contributed by atoms with Crippen LogP contribution in [-0.4, -0.2) is 59.6 Å². The smallest absolute Gasteiger partial charge is 0.320 e. The zero-order valence-corrected chi connectivity index (χ0v) is 11.4. The van der Waals surface area contributed by atoms with Gasteiger partial charge in [-0.05, 0) is 45.9 Å². The van der Waals surface area contributed by atoms with Crippen molar-refractivity contribution < 1.29 is 9.90 Å². The molecule has 0 aliphatic carbocycles. The van der Waals surface area contributed by atoms with Gasteiger partial charge in [0.15, 0.2) is 0 Å². The Labute approximate surface area is 105 Å². The highest BCUT2D eigenvalue weighted by Gasteiger charge is 2.29. The van der Waals surface area contributed by atoms with Gasteiger partial charge in [-0.3, -0.25) is 9.69 Å². The van der Waals surface area contributed by atoms with Gasteiger partial charge in [0.05, 0.1) is 0 Å². The van der Waals surface area contributed by atoms with Crippen molar-refractivity contribution in [1.29, 1.82) is 0 Å². The molecule has 1 fully saturated rings. The molecular weight excluding hydrogens is 216 g/mol. The van der Waals surface area contributed by atoms with Crippen LogP contribution in [0, 0.1) is 0 Å². The summed E-state index contributed by atoms with van der Waals surface area (Å²) in [6.07, 6.45) is 3.87. The van der Waals surface area contributed by atoms with Crippen molar-refractivity contribution >= 4 is 5.97 Å². The average molecular weight is 242 g/mol. The molecule has 0 saturated carbocycles. The zero-order valence-electron chi connectivity index (χ0n) is 11.4. The van der Waals surface area contributed by atoms with Gasteiger partial charge >= 0.3 is 5.97 Å². The monoisotopic (exact) mass is 242 g/mol. The molecule has 100 valence electrons. The number of likely N-dealkylation sites (N-methyl/N-ethyl adjacent to an activating group) is 1. The van der Waals surface area contributed by atoms with Gasteiger partial charge in [-0.2, -0.15) is 0 Å². The van der Waals surface area contributed by atoms with E-state index >= 15 is 0 Å². The Morgan fingerprint density at radius 1 is 1.41 bits per heavy atom. The van der Waals surface area contributed by atoms with Gasteiger partial charge in [0.25, 0.3) is 0 Å². The summed E-state index contributed by atoms with van der Waals surface area (Å²) in [5, 5.41) is 9.25. The van der Waals surface area contributed by atoms with Crippen LogP contribution < -0.4 is 0 Å². The standard InChI is InChI=1S/C13H26N2O2/c1-4-6-12(13(16)17)14(3)11-7-9-15(5-2)10-8-11/h11-12H,4-10H2,1-3H3,(H,16,17). The predicted molar refractivity (Wildman–Crippen MR) is 69.2 cm³/mol. The second-order valence-electron chi connectivity index (χ2n) is 4.97. The van der Waals surface area contributed by atoms with Crippen molar-refractivity contribution in [2.45, 2.75) is 51.6 Å². The second kappa shape index (κ2) is 6.97. The second-order valence-corrected chi connectivity index (χ2v) is 4.97. The van der Waals surface area contributed by atoms with E-state index in [4.69, 9.17) is 0 Å². The highest BCUT2D eigenvalue weighted by atomic mass is 16.4. The van der Waals surface area contributed by atoms with Crippen LogP contribution in [-0.2, 0) is 4.79 Å². The fourth-order valence-corrected chi connectivity index (χ4v) is 2.67. The quantitative estimate of drug-likeness (QED) is 0.769. The van der Waals surface area contributed by atoms with Gasteiger partial charge in [0, 0.05) is 6.04 Å². The molecule has 1 saturated heterocycles. The van der Waals surface area contributed by atoms with Crippen LogP contribution in [0.2, 0.25) is 0 Å². The summed E-state index contributed by atoms with van der Waals surface area (Å²) in [5.41, 5.74) is 0. The Morgan fingerprint density at radius 3 is 2.41 bits per heavy atom. The Balaban J connectivity index is 2.50. The molecule has 4 heteroatoms. The summed E-state index contributed by atoms with van der Waals surface area (Å²) < 4.78 is 0. The summed E-state index contributed by atoms with van der Waals surface area (Å²) in [7, 11) is 1.97. The van der Waals surface area contributed by atoms with E-state index in [2.05, 4.69) is 16.7 Å². The van der Waals surface area contributed by atoms with E-state index < -0.39 is 5.97 Å². The number of rotatable bonds is 6. The molecule has 1 rings (SSSR count). The molecule has 0 aromatic rings. The van der Waals surface area contributed by atoms with Crippen molar-refractivity contribution in [3.8, 4) is 0 Å². The molecular formula is C13H26N2O2. The summed E-state index contributed by atoms with van der Waals surface area (Å²) in [6.45, 7) is 7.53. The molecule has 0 bridgehead atoms. The zero-order chi connectivity index (χ0) is 12.8. The molecule has 0 radical (unpaired) electrons. The van der Waals surface area contributed by atoms with Crippen molar-refractivity contribution in [2.24, 2.45) is 0 Å². The number of carboxylic acids is 1. The molecule has 0 spiro atoms. The van der Waals surface area contributed by atoms with Gasteiger partial charge in [0.2, 0.25) is 0 Å². The third kappa shape index (κ3) is 3.96. The van der Waals surface area contributed by atoms with Gasteiger partial charge in [-0.15, -0.1) is 0 Å². The summed E-state index contributed by atoms with van der Waals surface area (Å²) in [4.78, 5) is 15.8. The maximum absolute atomic E-state index is 11.2. The first-order chi connectivity index (χ1) is 8.10. The van der Waals surface area contributed by atoms with E-state index in [-0.39, 0.29) is 6.04 Å². The minimum absolute atomic E-state index is 0.307. The Morgan fingerprint density at radius 2 is 2.00 bits per heavy atom. The number of hydrogen-bond donors (Lipinski definition) is 1. The first kappa shape index (κ1) is 14.5. The third-order valence-electron chi connectivity index (χ3n) is 3.92. The van der Waals surface area contributed by atoms with E-state index in [1.54, 1.807) is 0 Å². The van der Waals surface area contributed by atoms with E-state index in [0.717, 1.165) is 45.3 Å². The number of carbonyl (C=O) groups is 1. The van der Waals surface area contributed by atoms with Crippen LogP contribution in [0.15, 0.2) is 0 Å². The summed E-state index contributed by atoms with van der Waals surface area (Å²) in [6, 6.07) is 0.128. The highest BCUT2D eigenvalue weighted by Crippen LogP contribution is 2.19. The van der Waals surface area contributed by atoms with Crippen molar-refractivity contribution in [3.05, 3.63) is 0 Å². The third-order valence-corrected chi connectivity index (χ3v) is 3.92. The number of carboxylic acid groups (broad SMARTS) is 1. The van der Waals surface area contributed by atoms with Crippen LogP contribution in [0.4, 0.5) is 0 Å². The van der Waals surface area contributed by atoms with Crippen LogP contribution in [0.25, 0.3) is 0 Å².